The number of carbonyl (C=O) groups excluding carboxylic acids is 3. The van der Waals surface area contributed by atoms with Crippen molar-refractivity contribution in [3.05, 3.63) is 65.4 Å². The van der Waals surface area contributed by atoms with E-state index in [4.69, 9.17) is 30.5 Å². The van der Waals surface area contributed by atoms with E-state index in [2.05, 4.69) is 15.7 Å². The molecule has 0 saturated heterocycles. The molecule has 2 N–H and O–H groups in total. The lowest BCUT2D eigenvalue weighted by Crippen LogP contribution is -2.40. The number of ether oxygens (including phenoxy) is 4. The third-order valence-corrected chi connectivity index (χ3v) is 6.03. The summed E-state index contributed by atoms with van der Waals surface area (Å²) in [5.41, 5.74) is 0.709. The first-order valence-corrected chi connectivity index (χ1v) is 14.4. The van der Waals surface area contributed by atoms with Crippen LogP contribution in [0.15, 0.2) is 59.8 Å². The van der Waals surface area contributed by atoms with Gasteiger partial charge in [-0.2, -0.15) is 5.10 Å². The number of methoxy groups -OCH3 is 1. The van der Waals surface area contributed by atoms with Crippen LogP contribution in [-0.2, 0) is 14.3 Å². The van der Waals surface area contributed by atoms with E-state index in [1.165, 1.54) is 11.8 Å². The molecule has 1 heterocycles. The number of nitrogens with zero attached hydrogens (tertiary/aromatic N) is 3. The Hall–Kier alpha value is -4.71. The van der Waals surface area contributed by atoms with Gasteiger partial charge in [0.2, 0.25) is 0 Å². The number of halogens is 1. The van der Waals surface area contributed by atoms with Crippen LogP contribution in [-0.4, -0.2) is 79.4 Å². The van der Waals surface area contributed by atoms with E-state index in [0.717, 1.165) is 11.1 Å². The van der Waals surface area contributed by atoms with Crippen molar-refractivity contribution in [3.8, 4) is 22.6 Å². The van der Waals surface area contributed by atoms with Gasteiger partial charge in [0.1, 0.15) is 36.4 Å². The molecule has 0 aliphatic rings. The predicted octanol–water partition coefficient (Wildman–Crippen LogP) is 5.65. The molecule has 0 atom stereocenters. The average molecular weight is 642 g/mol. The van der Waals surface area contributed by atoms with Gasteiger partial charge in [-0.15, -0.1) is 0 Å². The monoisotopic (exact) mass is 641 g/mol. The number of hydrogen-bond donors (Lipinski definition) is 2. The van der Waals surface area contributed by atoms with Crippen LogP contribution in [0.25, 0.3) is 11.1 Å². The largest absolute Gasteiger partial charge is 0.493 e. The quantitative estimate of drug-likeness (QED) is 0.147. The average Bonchev–Trinajstić information content (AvgIpc) is 3.38. The van der Waals surface area contributed by atoms with Crippen LogP contribution in [0.5, 0.6) is 11.5 Å². The van der Waals surface area contributed by atoms with Gasteiger partial charge < -0.3 is 34.5 Å². The number of amides is 2. The second kappa shape index (κ2) is 14.8. The number of nitrogens with one attached hydrogen (secondary N) is 2. The van der Waals surface area contributed by atoms with Crippen molar-refractivity contribution < 1.29 is 33.3 Å². The number of hydrogen-bond acceptors (Lipinski definition) is 8. The van der Waals surface area contributed by atoms with Crippen molar-refractivity contribution >= 4 is 41.6 Å². The van der Waals surface area contributed by atoms with Crippen LogP contribution < -0.4 is 20.1 Å². The normalized spacial score (nSPS) is 11.6. The summed E-state index contributed by atoms with van der Waals surface area (Å²) in [7, 11) is 5.14. The molecule has 0 radical (unpaired) electrons. The summed E-state index contributed by atoms with van der Waals surface area (Å²) >= 11 is 6.04. The van der Waals surface area contributed by atoms with Gasteiger partial charge in [0, 0.05) is 42.6 Å². The lowest BCUT2D eigenvalue weighted by Gasteiger charge is -2.26. The highest BCUT2D eigenvalue weighted by Gasteiger charge is 2.26. The smallest absolute Gasteiger partial charge is 0.408 e. The number of alkyl carbamates (subject to hydrolysis) is 1. The number of benzene rings is 2. The van der Waals surface area contributed by atoms with Crippen LogP contribution >= 0.6 is 11.6 Å². The topological polar surface area (TPSA) is 133 Å². The van der Waals surface area contributed by atoms with Gasteiger partial charge in [0.15, 0.2) is 11.5 Å². The molecule has 3 aromatic rings. The second-order valence-electron chi connectivity index (χ2n) is 11.9. The number of carbonyl (C=O) groups is 3. The molecule has 0 aliphatic heterocycles. The minimum absolute atomic E-state index is 0.0158. The maximum atomic E-state index is 13.4. The van der Waals surface area contributed by atoms with E-state index in [9.17, 15) is 14.4 Å². The van der Waals surface area contributed by atoms with Crippen molar-refractivity contribution in [2.24, 2.45) is 5.10 Å². The molecule has 0 fully saturated rings. The molecule has 0 bridgehead atoms. The predicted molar refractivity (Wildman–Crippen MR) is 173 cm³/mol. The number of aromatic nitrogens is 1. The van der Waals surface area contributed by atoms with Crippen LogP contribution in [0, 0.1) is 0 Å². The van der Waals surface area contributed by atoms with Gasteiger partial charge in [0.05, 0.1) is 7.11 Å². The minimum atomic E-state index is -1.04. The summed E-state index contributed by atoms with van der Waals surface area (Å²) in [6.45, 7) is 8.13. The van der Waals surface area contributed by atoms with Crippen LogP contribution in [0.3, 0.4) is 0 Å². The third-order valence-electron chi connectivity index (χ3n) is 5.78. The Kier molecular flexibility index (Phi) is 11.5. The molecule has 0 aliphatic carbocycles. The maximum absolute atomic E-state index is 13.4. The lowest BCUT2D eigenvalue weighted by atomic mass is 10.1. The Morgan fingerprint density at radius 3 is 2.27 bits per heavy atom. The van der Waals surface area contributed by atoms with E-state index in [1.54, 1.807) is 88.5 Å². The molecular formula is C32H40ClN5O7. The fraction of sp³-hybridized carbons (Fsp3) is 0.375. The maximum Gasteiger partial charge on any atom is 0.408 e. The summed E-state index contributed by atoms with van der Waals surface area (Å²) in [5, 5.41) is 10.3. The van der Waals surface area contributed by atoms with Gasteiger partial charge in [-0.3, -0.25) is 9.59 Å². The molecule has 2 amide bonds. The first-order chi connectivity index (χ1) is 21.0. The van der Waals surface area contributed by atoms with E-state index in [-0.39, 0.29) is 13.2 Å². The van der Waals surface area contributed by atoms with E-state index >= 15 is 0 Å². The van der Waals surface area contributed by atoms with E-state index in [1.807, 2.05) is 26.2 Å². The fourth-order valence-corrected chi connectivity index (χ4v) is 3.95. The van der Waals surface area contributed by atoms with Crippen LogP contribution in [0.2, 0.25) is 5.02 Å². The SMILES string of the molecule is COc1cc(NC(=O)c2cc(-c3ccc(Cl)cc3)cn2/N=C/N(C)C)ccc1OCC(C)(C)OC(=O)CNC(=O)OC(C)(C)C. The molecule has 1 aromatic heterocycles. The number of rotatable bonds is 12. The zero-order valence-electron chi connectivity index (χ0n) is 26.8. The summed E-state index contributed by atoms with van der Waals surface area (Å²) in [6.07, 6.45) is 2.63. The Morgan fingerprint density at radius 1 is 0.956 bits per heavy atom. The molecule has 3 rings (SSSR count). The second-order valence-corrected chi connectivity index (χ2v) is 12.3. The molecule has 0 unspecified atom stereocenters. The van der Waals surface area contributed by atoms with Crippen molar-refractivity contribution in [2.75, 3.05) is 39.7 Å². The highest BCUT2D eigenvalue weighted by atomic mass is 35.5. The summed E-state index contributed by atoms with van der Waals surface area (Å²) in [5.74, 6) is -0.326. The standard InChI is InChI=1S/C32H40ClN5O7/c1-31(2,3)45-30(41)34-17-28(39)44-32(4,5)19-43-26-14-13-24(16-27(26)42-8)36-29(40)25-15-22(18-38(25)35-20-37(6)7)21-9-11-23(33)12-10-21/h9-16,18,20H,17,19H2,1-8H3,(H,34,41)(H,36,40)/b35-20+. The first kappa shape index (κ1) is 34.8. The van der Waals surface area contributed by atoms with Crippen molar-refractivity contribution in [1.29, 1.82) is 0 Å². The molecule has 2 aromatic carbocycles. The highest BCUT2D eigenvalue weighted by Crippen LogP contribution is 2.32. The van der Waals surface area contributed by atoms with Crippen molar-refractivity contribution in [1.82, 2.24) is 14.9 Å². The zero-order chi connectivity index (χ0) is 33.4. The molecule has 0 spiro atoms. The van der Waals surface area contributed by atoms with Gasteiger partial charge in [-0.25, -0.2) is 9.47 Å². The van der Waals surface area contributed by atoms with E-state index in [0.29, 0.717) is 27.9 Å². The first-order valence-electron chi connectivity index (χ1n) is 14.1. The van der Waals surface area contributed by atoms with Crippen molar-refractivity contribution in [3.63, 3.8) is 0 Å². The third kappa shape index (κ3) is 11.1. The number of anilines is 1. The van der Waals surface area contributed by atoms with Crippen molar-refractivity contribution in [2.45, 2.75) is 45.8 Å². The summed E-state index contributed by atoms with van der Waals surface area (Å²) in [6, 6.07) is 14.0. The Bertz CT molecular complexity index is 1530. The minimum Gasteiger partial charge on any atom is -0.493 e. The Labute approximate surface area is 268 Å². The molecule has 13 heteroatoms. The molecule has 242 valence electrons. The van der Waals surface area contributed by atoms with Gasteiger partial charge in [0.25, 0.3) is 5.91 Å². The fourth-order valence-electron chi connectivity index (χ4n) is 3.82. The highest BCUT2D eigenvalue weighted by molar-refractivity contribution is 6.30. The molecule has 45 heavy (non-hydrogen) atoms. The zero-order valence-corrected chi connectivity index (χ0v) is 27.5. The number of esters is 1. The van der Waals surface area contributed by atoms with Gasteiger partial charge in [-0.05, 0) is 70.5 Å². The Balaban J connectivity index is 1.67. The summed E-state index contributed by atoms with van der Waals surface area (Å²) in [4.78, 5) is 39.2. The van der Waals surface area contributed by atoms with Gasteiger partial charge >= 0.3 is 12.1 Å². The lowest BCUT2D eigenvalue weighted by molar-refractivity contribution is -0.157. The van der Waals surface area contributed by atoms with Crippen LogP contribution in [0.4, 0.5) is 10.5 Å². The molecule has 12 nitrogen and oxygen atoms in total. The summed E-state index contributed by atoms with van der Waals surface area (Å²) < 4.78 is 23.5. The van der Waals surface area contributed by atoms with Gasteiger partial charge in [-0.1, -0.05) is 23.7 Å². The molecular weight excluding hydrogens is 602 g/mol. The Morgan fingerprint density at radius 2 is 1.64 bits per heavy atom. The van der Waals surface area contributed by atoms with Crippen LogP contribution in [0.1, 0.15) is 45.1 Å². The van der Waals surface area contributed by atoms with E-state index < -0.39 is 29.2 Å². The molecule has 0 saturated carbocycles.